The lowest BCUT2D eigenvalue weighted by Crippen LogP contribution is -2.40. The zero-order valence-electron chi connectivity index (χ0n) is 22.0. The van der Waals surface area contributed by atoms with Gasteiger partial charge in [-0.2, -0.15) is 0 Å². The Morgan fingerprint density at radius 3 is 1.88 bits per heavy atom. The van der Waals surface area contributed by atoms with Crippen molar-refractivity contribution in [2.75, 3.05) is 19.7 Å². The Morgan fingerprint density at radius 1 is 0.824 bits per heavy atom. The molecular formula is C30H49NO3. The van der Waals surface area contributed by atoms with Crippen LogP contribution in [0.4, 0.5) is 0 Å². The van der Waals surface area contributed by atoms with Crippen molar-refractivity contribution in [2.45, 2.75) is 117 Å². The third-order valence-electron chi connectivity index (χ3n) is 7.12. The minimum Gasteiger partial charge on any atom is -0.465 e. The Hall–Kier alpha value is -1.84. The maximum absolute atomic E-state index is 12.7. The fraction of sp³-hybridized carbons (Fsp3) is 0.733. The molecule has 0 saturated carbocycles. The normalized spacial score (nSPS) is 14.4. The molecule has 1 saturated heterocycles. The van der Waals surface area contributed by atoms with Gasteiger partial charge in [0.2, 0.25) is 0 Å². The smallest absolute Gasteiger partial charge is 0.309 e. The highest BCUT2D eigenvalue weighted by molar-refractivity contribution is 5.94. The van der Waals surface area contributed by atoms with Gasteiger partial charge < -0.3 is 9.64 Å². The molecule has 2 rings (SSSR count). The van der Waals surface area contributed by atoms with Crippen molar-refractivity contribution in [3.05, 3.63) is 35.4 Å². The highest BCUT2D eigenvalue weighted by atomic mass is 16.5. The molecule has 34 heavy (non-hydrogen) atoms. The van der Waals surface area contributed by atoms with E-state index in [0.29, 0.717) is 32.5 Å². The number of carbonyl (C=O) groups excluding carboxylic acids is 2. The van der Waals surface area contributed by atoms with Crippen LogP contribution in [-0.2, 0) is 9.53 Å². The first kappa shape index (κ1) is 28.4. The molecule has 0 aliphatic carbocycles. The number of rotatable bonds is 17. The number of hydrogen-bond acceptors (Lipinski definition) is 3. The minimum atomic E-state index is -0.0719. The van der Waals surface area contributed by atoms with E-state index in [-0.39, 0.29) is 17.8 Å². The second-order valence-electron chi connectivity index (χ2n) is 10.2. The number of likely N-dealkylation sites (tertiary alicyclic amines) is 1. The van der Waals surface area contributed by atoms with E-state index < -0.39 is 0 Å². The molecule has 1 aromatic rings. The van der Waals surface area contributed by atoms with E-state index in [1.807, 2.05) is 36.1 Å². The fourth-order valence-electron chi connectivity index (χ4n) is 4.87. The quantitative estimate of drug-likeness (QED) is 0.171. The lowest BCUT2D eigenvalue weighted by Gasteiger charge is -2.31. The van der Waals surface area contributed by atoms with Crippen LogP contribution in [0.3, 0.4) is 0 Å². The summed E-state index contributed by atoms with van der Waals surface area (Å²) in [7, 11) is 0. The highest BCUT2D eigenvalue weighted by Crippen LogP contribution is 2.21. The lowest BCUT2D eigenvalue weighted by molar-refractivity contribution is -0.150. The molecule has 0 N–H and O–H groups in total. The van der Waals surface area contributed by atoms with E-state index in [0.717, 1.165) is 24.0 Å². The van der Waals surface area contributed by atoms with Gasteiger partial charge in [-0.3, -0.25) is 9.59 Å². The molecular weight excluding hydrogens is 422 g/mol. The molecule has 1 aromatic carbocycles. The molecule has 4 nitrogen and oxygen atoms in total. The third-order valence-corrected chi connectivity index (χ3v) is 7.12. The van der Waals surface area contributed by atoms with Gasteiger partial charge in [-0.25, -0.2) is 0 Å². The summed E-state index contributed by atoms with van der Waals surface area (Å²) in [6, 6.07) is 7.71. The first-order chi connectivity index (χ1) is 16.6. The Bertz CT molecular complexity index is 694. The molecule has 1 heterocycles. The van der Waals surface area contributed by atoms with Gasteiger partial charge in [-0.05, 0) is 38.3 Å². The summed E-state index contributed by atoms with van der Waals surface area (Å²) in [5.41, 5.74) is 1.83. The van der Waals surface area contributed by atoms with Crippen LogP contribution in [0.1, 0.15) is 126 Å². The van der Waals surface area contributed by atoms with Crippen LogP contribution < -0.4 is 0 Å². The van der Waals surface area contributed by atoms with Crippen molar-refractivity contribution < 1.29 is 14.3 Å². The molecule has 1 amide bonds. The number of aryl methyl sites for hydroxylation is 1. The largest absolute Gasteiger partial charge is 0.465 e. The predicted molar refractivity (Wildman–Crippen MR) is 141 cm³/mol. The average molecular weight is 472 g/mol. The van der Waals surface area contributed by atoms with Crippen molar-refractivity contribution in [2.24, 2.45) is 5.92 Å². The van der Waals surface area contributed by atoms with Crippen molar-refractivity contribution in [3.8, 4) is 0 Å². The monoisotopic (exact) mass is 471 g/mol. The Balaban J connectivity index is 1.42. The van der Waals surface area contributed by atoms with Gasteiger partial charge in [0.15, 0.2) is 0 Å². The van der Waals surface area contributed by atoms with Crippen LogP contribution in [0.15, 0.2) is 24.3 Å². The van der Waals surface area contributed by atoms with Crippen LogP contribution >= 0.6 is 0 Å². The molecule has 0 bridgehead atoms. The Kier molecular flexibility index (Phi) is 14.7. The second kappa shape index (κ2) is 17.6. The number of hydrogen-bond donors (Lipinski definition) is 0. The standard InChI is InChI=1S/C30H49NO3/c1-3-4-5-6-7-8-9-10-11-12-13-14-15-16-24-34-30(33)27-20-22-31(23-21-27)29(32)28-19-17-18-26(2)25-28/h17-19,25,27H,3-16,20-24H2,1-2H3. The number of piperidine rings is 1. The van der Waals surface area contributed by atoms with Gasteiger partial charge in [0.25, 0.3) is 5.91 Å². The zero-order chi connectivity index (χ0) is 24.4. The molecule has 4 heteroatoms. The van der Waals surface area contributed by atoms with Crippen LogP contribution in [-0.4, -0.2) is 36.5 Å². The van der Waals surface area contributed by atoms with E-state index in [1.54, 1.807) is 0 Å². The predicted octanol–water partition coefficient (Wildman–Crippen LogP) is 7.87. The molecule has 0 spiro atoms. The fourth-order valence-corrected chi connectivity index (χ4v) is 4.87. The molecule has 1 aliphatic heterocycles. The topological polar surface area (TPSA) is 46.6 Å². The molecule has 0 unspecified atom stereocenters. The minimum absolute atomic E-state index is 0.0618. The molecule has 0 atom stereocenters. The van der Waals surface area contributed by atoms with Crippen molar-refractivity contribution in [1.82, 2.24) is 4.90 Å². The van der Waals surface area contributed by atoms with Gasteiger partial charge in [0, 0.05) is 18.7 Å². The van der Waals surface area contributed by atoms with Crippen LogP contribution in [0, 0.1) is 12.8 Å². The molecule has 0 radical (unpaired) electrons. The van der Waals surface area contributed by atoms with Gasteiger partial charge in [-0.1, -0.05) is 108 Å². The van der Waals surface area contributed by atoms with Crippen molar-refractivity contribution >= 4 is 11.9 Å². The average Bonchev–Trinajstić information content (AvgIpc) is 2.86. The number of carbonyl (C=O) groups is 2. The summed E-state index contributed by atoms with van der Waals surface area (Å²) >= 11 is 0. The van der Waals surface area contributed by atoms with Crippen molar-refractivity contribution in [1.29, 1.82) is 0 Å². The number of esters is 1. The number of unbranched alkanes of at least 4 members (excludes halogenated alkanes) is 13. The van der Waals surface area contributed by atoms with Gasteiger partial charge in [-0.15, -0.1) is 0 Å². The number of nitrogens with zero attached hydrogens (tertiary/aromatic N) is 1. The van der Waals surface area contributed by atoms with Gasteiger partial charge in [0.05, 0.1) is 12.5 Å². The van der Waals surface area contributed by atoms with Gasteiger partial charge >= 0.3 is 5.97 Å². The maximum Gasteiger partial charge on any atom is 0.309 e. The SMILES string of the molecule is CCCCCCCCCCCCCCCCOC(=O)C1CCN(C(=O)c2cccc(C)c2)CC1. The summed E-state index contributed by atoms with van der Waals surface area (Å²) in [6.45, 7) is 6.07. The van der Waals surface area contributed by atoms with Crippen LogP contribution in [0.2, 0.25) is 0 Å². The molecule has 192 valence electrons. The molecule has 1 fully saturated rings. The van der Waals surface area contributed by atoms with E-state index in [2.05, 4.69) is 6.92 Å². The number of amides is 1. The lowest BCUT2D eigenvalue weighted by atomic mass is 9.96. The highest BCUT2D eigenvalue weighted by Gasteiger charge is 2.28. The summed E-state index contributed by atoms with van der Waals surface area (Å²) in [5, 5.41) is 0. The third kappa shape index (κ3) is 11.5. The first-order valence-electron chi connectivity index (χ1n) is 14.1. The van der Waals surface area contributed by atoms with E-state index >= 15 is 0 Å². The summed E-state index contributed by atoms with van der Waals surface area (Å²) in [6.07, 6.45) is 20.0. The van der Waals surface area contributed by atoms with Crippen LogP contribution in [0.5, 0.6) is 0 Å². The van der Waals surface area contributed by atoms with E-state index in [4.69, 9.17) is 4.74 Å². The van der Waals surface area contributed by atoms with Crippen molar-refractivity contribution in [3.63, 3.8) is 0 Å². The summed E-state index contributed by atoms with van der Waals surface area (Å²) in [5.74, 6) is -0.0662. The number of benzene rings is 1. The van der Waals surface area contributed by atoms with Gasteiger partial charge in [0.1, 0.15) is 0 Å². The van der Waals surface area contributed by atoms with E-state index in [9.17, 15) is 9.59 Å². The first-order valence-corrected chi connectivity index (χ1v) is 14.1. The summed E-state index contributed by atoms with van der Waals surface area (Å²) < 4.78 is 5.54. The zero-order valence-corrected chi connectivity index (χ0v) is 22.0. The van der Waals surface area contributed by atoms with Crippen LogP contribution in [0.25, 0.3) is 0 Å². The number of ether oxygens (including phenoxy) is 1. The molecule has 0 aromatic heterocycles. The second-order valence-corrected chi connectivity index (χ2v) is 10.2. The maximum atomic E-state index is 12.7. The Labute approximate surface area is 208 Å². The summed E-state index contributed by atoms with van der Waals surface area (Å²) in [4.78, 5) is 26.9. The van der Waals surface area contributed by atoms with E-state index in [1.165, 1.54) is 77.0 Å². The molecule has 1 aliphatic rings. The Morgan fingerprint density at radius 2 is 1.35 bits per heavy atom.